The quantitative estimate of drug-likeness (QED) is 0.335. The fourth-order valence-electron chi connectivity index (χ4n) is 4.42. The summed E-state index contributed by atoms with van der Waals surface area (Å²) in [6.07, 6.45) is 1.97. The highest BCUT2D eigenvalue weighted by molar-refractivity contribution is 6.31. The topological polar surface area (TPSA) is 79.5 Å². The smallest absolute Gasteiger partial charge is 0.335 e. The zero-order chi connectivity index (χ0) is 22.5. The van der Waals surface area contributed by atoms with Crippen molar-refractivity contribution in [3.63, 3.8) is 0 Å². The number of hydrogen-bond donors (Lipinski definition) is 1. The average Bonchev–Trinajstić information content (AvgIpc) is 3.25. The lowest BCUT2D eigenvalue weighted by molar-refractivity contribution is 0.0697. The van der Waals surface area contributed by atoms with E-state index in [1.54, 1.807) is 18.2 Å². The van der Waals surface area contributed by atoms with Crippen LogP contribution in [0.25, 0.3) is 33.5 Å². The molecule has 33 heavy (non-hydrogen) atoms. The van der Waals surface area contributed by atoms with Gasteiger partial charge in [0.05, 0.1) is 16.6 Å². The van der Waals surface area contributed by atoms with Gasteiger partial charge in [-0.1, -0.05) is 29.8 Å². The Hall–Kier alpha value is -3.90. The van der Waals surface area contributed by atoms with E-state index in [1.807, 2.05) is 30.3 Å². The van der Waals surface area contributed by atoms with Crippen LogP contribution in [-0.4, -0.2) is 27.6 Å². The third-order valence-electron chi connectivity index (χ3n) is 5.97. The molecule has 0 amide bonds. The van der Waals surface area contributed by atoms with Crippen molar-refractivity contribution in [1.82, 2.24) is 9.97 Å². The maximum absolute atomic E-state index is 11.5. The molecule has 0 atom stereocenters. The number of carboxylic acid groups (broad SMARTS) is 1. The third-order valence-corrected chi connectivity index (χ3v) is 6.21. The molecular weight excluding hydrogens is 438 g/mol. The van der Waals surface area contributed by atoms with Crippen LogP contribution in [0.4, 0.5) is 11.5 Å². The van der Waals surface area contributed by atoms with Crippen molar-refractivity contribution in [1.29, 1.82) is 0 Å². The minimum Gasteiger partial charge on any atom is -0.478 e. The van der Waals surface area contributed by atoms with Gasteiger partial charge in [0, 0.05) is 22.6 Å². The van der Waals surface area contributed by atoms with Crippen LogP contribution >= 0.6 is 11.6 Å². The number of carboxylic acids is 1. The molecule has 0 saturated carbocycles. The van der Waals surface area contributed by atoms with E-state index < -0.39 is 5.97 Å². The number of rotatable bonds is 3. The molecule has 6 nitrogen and oxygen atoms in total. The van der Waals surface area contributed by atoms with Crippen molar-refractivity contribution in [3.05, 3.63) is 82.9 Å². The van der Waals surface area contributed by atoms with E-state index in [4.69, 9.17) is 26.0 Å². The van der Waals surface area contributed by atoms with E-state index in [-0.39, 0.29) is 5.56 Å². The minimum atomic E-state index is -0.998. The predicted octanol–water partition coefficient (Wildman–Crippen LogP) is 6.48. The van der Waals surface area contributed by atoms with Gasteiger partial charge < -0.3 is 14.4 Å². The number of anilines is 2. The summed E-state index contributed by atoms with van der Waals surface area (Å²) in [6.45, 7) is 0.773. The highest BCUT2D eigenvalue weighted by Crippen LogP contribution is 2.40. The lowest BCUT2D eigenvalue weighted by Crippen LogP contribution is -2.26. The molecule has 1 N–H and O–H groups in total. The molecule has 1 aliphatic heterocycles. The highest BCUT2D eigenvalue weighted by Gasteiger charge is 2.25. The van der Waals surface area contributed by atoms with Crippen molar-refractivity contribution in [3.8, 4) is 11.5 Å². The fourth-order valence-corrected chi connectivity index (χ4v) is 4.60. The molecular formula is C26H18ClN3O3. The number of hydrogen-bond acceptors (Lipinski definition) is 5. The zero-order valence-corrected chi connectivity index (χ0v) is 18.2. The summed E-state index contributed by atoms with van der Waals surface area (Å²) in [6, 6.07) is 20.4. The number of aryl methyl sites for hydroxylation is 1. The number of benzene rings is 3. The van der Waals surface area contributed by atoms with Crippen LogP contribution in [0.2, 0.25) is 5.02 Å². The monoisotopic (exact) mass is 455 g/mol. The Kier molecular flexibility index (Phi) is 4.55. The van der Waals surface area contributed by atoms with Gasteiger partial charge in [0.25, 0.3) is 0 Å². The molecule has 7 heteroatoms. The lowest BCUT2D eigenvalue weighted by atomic mass is 10.0. The van der Waals surface area contributed by atoms with Crippen molar-refractivity contribution >= 4 is 51.1 Å². The SMILES string of the molecule is O=C(O)c1ccc2nc(-c3cc4cc(Cl)ccc4o3)c(N3CCCc4ccccc43)nc2c1. The second kappa shape index (κ2) is 7.60. The lowest BCUT2D eigenvalue weighted by Gasteiger charge is -2.31. The largest absolute Gasteiger partial charge is 0.478 e. The van der Waals surface area contributed by atoms with E-state index in [2.05, 4.69) is 17.0 Å². The first-order valence-corrected chi connectivity index (χ1v) is 11.0. The first kappa shape index (κ1) is 19.8. The maximum Gasteiger partial charge on any atom is 0.335 e. The Balaban J connectivity index is 1.62. The van der Waals surface area contributed by atoms with E-state index >= 15 is 0 Å². The zero-order valence-electron chi connectivity index (χ0n) is 17.5. The number of fused-ring (bicyclic) bond motifs is 3. The number of para-hydroxylation sites is 1. The van der Waals surface area contributed by atoms with Crippen molar-refractivity contribution < 1.29 is 14.3 Å². The number of halogens is 1. The summed E-state index contributed by atoms with van der Waals surface area (Å²) >= 11 is 6.18. The Labute approximate surface area is 194 Å². The number of aromatic carboxylic acids is 1. The summed E-state index contributed by atoms with van der Waals surface area (Å²) in [5, 5.41) is 11.0. The molecule has 0 radical (unpaired) electrons. The van der Waals surface area contributed by atoms with Gasteiger partial charge >= 0.3 is 5.97 Å². The van der Waals surface area contributed by atoms with Gasteiger partial charge in [-0.2, -0.15) is 0 Å². The molecule has 0 saturated heterocycles. The average molecular weight is 456 g/mol. The molecule has 162 valence electrons. The first-order valence-electron chi connectivity index (χ1n) is 10.7. The van der Waals surface area contributed by atoms with Gasteiger partial charge in [-0.05, 0) is 66.9 Å². The molecule has 0 bridgehead atoms. The molecule has 1 aliphatic rings. The van der Waals surface area contributed by atoms with Crippen LogP contribution in [0.15, 0.2) is 71.1 Å². The van der Waals surface area contributed by atoms with E-state index in [9.17, 15) is 9.90 Å². The summed E-state index contributed by atoms with van der Waals surface area (Å²) in [4.78, 5) is 23.5. The van der Waals surface area contributed by atoms with Crippen molar-refractivity contribution in [2.24, 2.45) is 0 Å². The standard InChI is InChI=1S/C26H18ClN3O3/c27-18-8-10-22-17(12-18)14-23(33-22)24-25(30-11-3-5-15-4-1-2-6-21(15)30)29-20-13-16(26(31)32)7-9-19(20)28-24/h1-2,4,6-10,12-14H,3,5,11H2,(H,31,32). The molecule has 5 aromatic rings. The molecule has 6 rings (SSSR count). The van der Waals surface area contributed by atoms with E-state index in [0.717, 1.165) is 30.5 Å². The molecule has 0 unspecified atom stereocenters. The van der Waals surface area contributed by atoms with E-state index in [1.165, 1.54) is 11.6 Å². The normalized spacial score (nSPS) is 13.4. The minimum absolute atomic E-state index is 0.174. The fraction of sp³-hybridized carbons (Fsp3) is 0.115. The molecule has 0 fully saturated rings. The van der Waals surface area contributed by atoms with Crippen molar-refractivity contribution in [2.45, 2.75) is 12.8 Å². The molecule has 3 aromatic carbocycles. The maximum atomic E-state index is 11.5. The van der Waals surface area contributed by atoms with E-state index in [0.29, 0.717) is 38.9 Å². The van der Waals surface area contributed by atoms with Crippen LogP contribution in [0.3, 0.4) is 0 Å². The van der Waals surface area contributed by atoms with Gasteiger partial charge in [0.15, 0.2) is 11.6 Å². The summed E-state index contributed by atoms with van der Waals surface area (Å²) in [5.41, 5.74) is 4.93. The Bertz CT molecular complexity index is 1560. The molecule has 0 spiro atoms. The van der Waals surface area contributed by atoms with Gasteiger partial charge in [0.2, 0.25) is 0 Å². The van der Waals surface area contributed by atoms with Crippen molar-refractivity contribution in [2.75, 3.05) is 11.4 Å². The predicted molar refractivity (Wildman–Crippen MR) is 128 cm³/mol. The van der Waals surface area contributed by atoms with Crippen LogP contribution < -0.4 is 4.90 Å². The van der Waals surface area contributed by atoms with Gasteiger partial charge in [-0.3, -0.25) is 0 Å². The Morgan fingerprint density at radius 3 is 2.76 bits per heavy atom. The number of furan rings is 1. The van der Waals surface area contributed by atoms with Crippen LogP contribution in [-0.2, 0) is 6.42 Å². The van der Waals surface area contributed by atoms with Gasteiger partial charge in [0.1, 0.15) is 11.3 Å². The second-order valence-electron chi connectivity index (χ2n) is 8.08. The summed E-state index contributed by atoms with van der Waals surface area (Å²) in [7, 11) is 0. The summed E-state index contributed by atoms with van der Waals surface area (Å²) in [5.74, 6) is 0.228. The number of nitrogens with zero attached hydrogens (tertiary/aromatic N) is 3. The molecule has 2 aromatic heterocycles. The molecule has 0 aliphatic carbocycles. The second-order valence-corrected chi connectivity index (χ2v) is 8.52. The first-order chi connectivity index (χ1) is 16.1. The Morgan fingerprint density at radius 1 is 1.00 bits per heavy atom. The van der Waals surface area contributed by atoms with Crippen LogP contribution in [0.1, 0.15) is 22.3 Å². The van der Waals surface area contributed by atoms with Gasteiger partial charge in [-0.25, -0.2) is 14.8 Å². The third kappa shape index (κ3) is 3.39. The Morgan fingerprint density at radius 2 is 1.88 bits per heavy atom. The number of carbonyl (C=O) groups is 1. The number of aromatic nitrogens is 2. The van der Waals surface area contributed by atoms with Gasteiger partial charge in [-0.15, -0.1) is 0 Å². The van der Waals surface area contributed by atoms with Crippen LogP contribution in [0, 0.1) is 0 Å². The highest BCUT2D eigenvalue weighted by atomic mass is 35.5. The summed E-state index contributed by atoms with van der Waals surface area (Å²) < 4.78 is 6.16. The van der Waals surface area contributed by atoms with Crippen LogP contribution in [0.5, 0.6) is 0 Å². The molecule has 3 heterocycles.